The lowest BCUT2D eigenvalue weighted by atomic mass is 10.2. The molecule has 2 N–H and O–H groups in total. The van der Waals surface area contributed by atoms with E-state index >= 15 is 0 Å². The van der Waals surface area contributed by atoms with Gasteiger partial charge in [-0.25, -0.2) is 0 Å². The van der Waals surface area contributed by atoms with Gasteiger partial charge in [0.1, 0.15) is 6.54 Å². The number of rotatable bonds is 6. The fourth-order valence-electron chi connectivity index (χ4n) is 1.71. The minimum Gasteiger partial charge on any atom is -0.459 e. The third kappa shape index (κ3) is 4.99. The quantitative estimate of drug-likeness (QED) is 0.765. The summed E-state index contributed by atoms with van der Waals surface area (Å²) >= 11 is 0. The highest BCUT2D eigenvalue weighted by molar-refractivity contribution is 5.95. The molecule has 1 heterocycles. The summed E-state index contributed by atoms with van der Waals surface area (Å²) in [5, 5.41) is 13.6. The van der Waals surface area contributed by atoms with Gasteiger partial charge in [0.2, 0.25) is 0 Å². The molecule has 8 heteroatoms. The maximum atomic E-state index is 11.7. The van der Waals surface area contributed by atoms with E-state index in [1.165, 1.54) is 18.4 Å². The van der Waals surface area contributed by atoms with Crippen molar-refractivity contribution in [1.29, 1.82) is 5.26 Å². The first kappa shape index (κ1) is 16.8. The Morgan fingerprint density at radius 3 is 2.75 bits per heavy atom. The molecule has 0 fully saturated rings. The number of hydrogen-bond donors (Lipinski definition) is 2. The van der Waals surface area contributed by atoms with Crippen molar-refractivity contribution in [2.24, 2.45) is 0 Å². The van der Waals surface area contributed by atoms with Crippen molar-refractivity contribution >= 4 is 23.5 Å². The molecule has 0 radical (unpaired) electrons. The summed E-state index contributed by atoms with van der Waals surface area (Å²) in [5.74, 6) is -1.82. The Kier molecular flexibility index (Phi) is 5.69. The Morgan fingerprint density at radius 2 is 2.04 bits per heavy atom. The summed E-state index contributed by atoms with van der Waals surface area (Å²) in [4.78, 5) is 34.7. The third-order valence-electron chi connectivity index (χ3n) is 2.78. The minimum absolute atomic E-state index is 0.0675. The second-order valence-electron chi connectivity index (χ2n) is 4.56. The smallest absolute Gasteiger partial charge is 0.325 e. The second kappa shape index (κ2) is 8.14. The Morgan fingerprint density at radius 1 is 1.21 bits per heavy atom. The summed E-state index contributed by atoms with van der Waals surface area (Å²) in [7, 11) is 0. The molecule has 122 valence electrons. The lowest BCUT2D eigenvalue weighted by Gasteiger charge is -2.07. The Labute approximate surface area is 137 Å². The van der Waals surface area contributed by atoms with E-state index in [0.717, 1.165) is 0 Å². The van der Waals surface area contributed by atoms with Crippen LogP contribution in [0.4, 0.5) is 5.69 Å². The number of ether oxygens (including phenoxy) is 1. The number of amides is 2. The van der Waals surface area contributed by atoms with Crippen LogP contribution in [0.25, 0.3) is 0 Å². The van der Waals surface area contributed by atoms with Crippen LogP contribution < -0.4 is 10.6 Å². The van der Waals surface area contributed by atoms with Crippen LogP contribution in [0.1, 0.15) is 16.1 Å². The van der Waals surface area contributed by atoms with Crippen molar-refractivity contribution in [1.82, 2.24) is 5.32 Å². The average molecular weight is 327 g/mol. The van der Waals surface area contributed by atoms with Gasteiger partial charge in [0.05, 0.1) is 17.9 Å². The molecule has 0 aliphatic carbocycles. The molecule has 0 saturated heterocycles. The van der Waals surface area contributed by atoms with E-state index in [9.17, 15) is 14.4 Å². The molecule has 2 rings (SSSR count). The van der Waals surface area contributed by atoms with E-state index in [-0.39, 0.29) is 5.76 Å². The van der Waals surface area contributed by atoms with E-state index in [2.05, 4.69) is 10.6 Å². The van der Waals surface area contributed by atoms with Crippen LogP contribution in [0, 0.1) is 11.3 Å². The zero-order valence-electron chi connectivity index (χ0n) is 12.4. The zero-order valence-corrected chi connectivity index (χ0v) is 12.4. The predicted octanol–water partition coefficient (Wildman–Crippen LogP) is 1.06. The summed E-state index contributed by atoms with van der Waals surface area (Å²) in [6, 6.07) is 11.2. The Balaban J connectivity index is 1.72. The standard InChI is InChI=1S/C16H13N3O5/c17-8-11-3-1-4-12(7-11)19-14(20)10-24-15(21)9-18-16(22)13-5-2-6-23-13/h1-7H,9-10H2,(H,18,22)(H,19,20). The van der Waals surface area contributed by atoms with Gasteiger partial charge in [-0.15, -0.1) is 0 Å². The third-order valence-corrected chi connectivity index (χ3v) is 2.78. The number of anilines is 1. The summed E-state index contributed by atoms with van der Waals surface area (Å²) < 4.78 is 9.60. The van der Waals surface area contributed by atoms with Crippen LogP contribution in [-0.4, -0.2) is 30.9 Å². The van der Waals surface area contributed by atoms with Crippen LogP contribution >= 0.6 is 0 Å². The van der Waals surface area contributed by atoms with Gasteiger partial charge >= 0.3 is 5.97 Å². The topological polar surface area (TPSA) is 121 Å². The molecule has 1 aromatic carbocycles. The van der Waals surface area contributed by atoms with Crippen LogP contribution in [0.5, 0.6) is 0 Å². The van der Waals surface area contributed by atoms with E-state index in [0.29, 0.717) is 11.3 Å². The molecule has 0 aliphatic heterocycles. The van der Waals surface area contributed by atoms with Crippen LogP contribution in [0.15, 0.2) is 47.1 Å². The first-order chi connectivity index (χ1) is 11.6. The van der Waals surface area contributed by atoms with Crippen molar-refractivity contribution in [3.63, 3.8) is 0 Å². The second-order valence-corrected chi connectivity index (χ2v) is 4.56. The van der Waals surface area contributed by atoms with Crippen molar-refractivity contribution in [3.05, 3.63) is 54.0 Å². The number of furan rings is 1. The lowest BCUT2D eigenvalue weighted by molar-refractivity contribution is -0.146. The highest BCUT2D eigenvalue weighted by atomic mass is 16.5. The lowest BCUT2D eigenvalue weighted by Crippen LogP contribution is -2.32. The van der Waals surface area contributed by atoms with Gasteiger partial charge < -0.3 is 19.8 Å². The molecule has 0 unspecified atom stereocenters. The monoisotopic (exact) mass is 327 g/mol. The van der Waals surface area contributed by atoms with Gasteiger partial charge in [0.15, 0.2) is 12.4 Å². The summed E-state index contributed by atoms with van der Waals surface area (Å²) in [6.07, 6.45) is 1.33. The van der Waals surface area contributed by atoms with Crippen molar-refractivity contribution < 1.29 is 23.5 Å². The fourth-order valence-corrected chi connectivity index (χ4v) is 1.71. The largest absolute Gasteiger partial charge is 0.459 e. The number of benzene rings is 1. The predicted molar refractivity (Wildman–Crippen MR) is 81.8 cm³/mol. The molecule has 0 saturated carbocycles. The molecule has 0 atom stereocenters. The number of carbonyl (C=O) groups is 3. The van der Waals surface area contributed by atoms with E-state index < -0.39 is 30.9 Å². The van der Waals surface area contributed by atoms with Crippen LogP contribution in [0.3, 0.4) is 0 Å². The maximum absolute atomic E-state index is 11.7. The number of hydrogen-bond acceptors (Lipinski definition) is 6. The average Bonchev–Trinajstić information content (AvgIpc) is 3.12. The minimum atomic E-state index is -0.768. The van der Waals surface area contributed by atoms with Crippen molar-refractivity contribution in [2.75, 3.05) is 18.5 Å². The Hall–Kier alpha value is -3.60. The number of nitrogens with one attached hydrogen (secondary N) is 2. The van der Waals surface area contributed by atoms with E-state index in [1.54, 1.807) is 24.3 Å². The molecule has 0 bridgehead atoms. The normalized spacial score (nSPS) is 9.62. The van der Waals surface area contributed by atoms with Gasteiger partial charge in [-0.3, -0.25) is 14.4 Å². The number of esters is 1. The summed E-state index contributed by atoms with van der Waals surface area (Å²) in [5.41, 5.74) is 0.812. The molecule has 2 aromatic rings. The molecular weight excluding hydrogens is 314 g/mol. The van der Waals surface area contributed by atoms with Gasteiger partial charge in [-0.1, -0.05) is 6.07 Å². The first-order valence-electron chi connectivity index (χ1n) is 6.86. The Bertz CT molecular complexity index is 777. The highest BCUT2D eigenvalue weighted by Crippen LogP contribution is 2.09. The van der Waals surface area contributed by atoms with Crippen molar-refractivity contribution in [2.45, 2.75) is 0 Å². The fraction of sp³-hybridized carbons (Fsp3) is 0.125. The summed E-state index contributed by atoms with van der Waals surface area (Å²) in [6.45, 7) is -0.900. The number of nitrogens with zero attached hydrogens (tertiary/aromatic N) is 1. The van der Waals surface area contributed by atoms with Gasteiger partial charge in [0.25, 0.3) is 11.8 Å². The molecule has 0 aliphatic rings. The van der Waals surface area contributed by atoms with E-state index in [1.807, 2.05) is 6.07 Å². The van der Waals surface area contributed by atoms with Crippen LogP contribution in [0.2, 0.25) is 0 Å². The van der Waals surface area contributed by atoms with Gasteiger partial charge in [-0.05, 0) is 30.3 Å². The van der Waals surface area contributed by atoms with Crippen molar-refractivity contribution in [3.8, 4) is 6.07 Å². The number of nitriles is 1. The number of carbonyl (C=O) groups excluding carboxylic acids is 3. The molecule has 0 spiro atoms. The van der Waals surface area contributed by atoms with Crippen LogP contribution in [-0.2, 0) is 14.3 Å². The molecule has 2 amide bonds. The molecule has 8 nitrogen and oxygen atoms in total. The van der Waals surface area contributed by atoms with Gasteiger partial charge in [0, 0.05) is 5.69 Å². The SMILES string of the molecule is N#Cc1cccc(NC(=O)COC(=O)CNC(=O)c2ccco2)c1. The highest BCUT2D eigenvalue weighted by Gasteiger charge is 2.12. The zero-order chi connectivity index (χ0) is 17.4. The van der Waals surface area contributed by atoms with E-state index in [4.69, 9.17) is 14.4 Å². The molecule has 1 aromatic heterocycles. The van der Waals surface area contributed by atoms with Gasteiger partial charge in [-0.2, -0.15) is 5.26 Å². The molecular formula is C16H13N3O5. The first-order valence-corrected chi connectivity index (χ1v) is 6.86. The maximum Gasteiger partial charge on any atom is 0.325 e. The molecule has 24 heavy (non-hydrogen) atoms.